The van der Waals surface area contributed by atoms with Crippen LogP contribution in [-0.4, -0.2) is 56.5 Å². The molecule has 0 unspecified atom stereocenters. The molecule has 6 N–H and O–H groups in total. The van der Waals surface area contributed by atoms with E-state index in [0.717, 1.165) is 6.92 Å². The fourth-order valence-electron chi connectivity index (χ4n) is 0.927. The molecule has 0 saturated carbocycles. The fraction of sp³-hybridized carbons (Fsp3) is 0.556. The summed E-state index contributed by atoms with van der Waals surface area (Å²) in [5.41, 5.74) is 4.06. The Labute approximate surface area is 91.8 Å². The molecule has 0 saturated heterocycles. The number of ketones is 1. The lowest BCUT2D eigenvalue weighted by molar-refractivity contribution is -0.141. The number of primary amides is 1. The van der Waals surface area contributed by atoms with Gasteiger partial charge < -0.3 is 26.2 Å². The van der Waals surface area contributed by atoms with Gasteiger partial charge in [0.2, 0.25) is 0 Å². The summed E-state index contributed by atoms with van der Waals surface area (Å²) in [5, 5.41) is 36.7. The summed E-state index contributed by atoms with van der Waals surface area (Å²) in [4.78, 5) is 21.8. The molecule has 0 spiro atoms. The standard InChI is InChI=1S/C9H15NO6/c1-3(9(10)16)5(12)7(14)8(15)6(13)4(2)11/h4,6-8,11,13-15H,1H2,2H3,(H2,10,16)/t4-,6-,7-,8+/m1/s1. The lowest BCUT2D eigenvalue weighted by Gasteiger charge is -2.23. The fourth-order valence-corrected chi connectivity index (χ4v) is 0.927. The molecule has 0 rings (SSSR count). The molecule has 0 heterocycles. The molecule has 0 bridgehead atoms. The van der Waals surface area contributed by atoms with E-state index in [9.17, 15) is 24.9 Å². The molecule has 0 fully saturated rings. The van der Waals surface area contributed by atoms with Crippen molar-refractivity contribution in [3.63, 3.8) is 0 Å². The first kappa shape index (κ1) is 14.7. The predicted molar refractivity (Wildman–Crippen MR) is 53.0 cm³/mol. The van der Waals surface area contributed by atoms with Crippen molar-refractivity contribution in [1.82, 2.24) is 0 Å². The molecule has 0 aromatic rings. The first-order valence-electron chi connectivity index (χ1n) is 4.45. The largest absolute Gasteiger partial charge is 0.391 e. The maximum Gasteiger partial charge on any atom is 0.251 e. The molecule has 0 aliphatic carbocycles. The second kappa shape index (κ2) is 5.71. The van der Waals surface area contributed by atoms with Gasteiger partial charge in [0, 0.05) is 0 Å². The van der Waals surface area contributed by atoms with Gasteiger partial charge in [0.15, 0.2) is 5.78 Å². The topological polar surface area (TPSA) is 141 Å². The van der Waals surface area contributed by atoms with E-state index in [1.165, 1.54) is 0 Å². The number of Topliss-reactive ketones (excluding diaryl/α,β-unsaturated/α-hetero) is 1. The molecular weight excluding hydrogens is 218 g/mol. The quantitative estimate of drug-likeness (QED) is 0.189. The Bertz CT molecular complexity index is 300. The summed E-state index contributed by atoms with van der Waals surface area (Å²) in [5.74, 6) is -2.33. The van der Waals surface area contributed by atoms with Gasteiger partial charge in [0.1, 0.15) is 18.3 Å². The molecule has 0 aliphatic heterocycles. The maximum absolute atomic E-state index is 11.2. The SMILES string of the molecule is C=C(C(N)=O)C(=O)[C@@H](O)[C@@H](O)[C@H](O)[C@@H](C)O. The van der Waals surface area contributed by atoms with Crippen molar-refractivity contribution in [2.24, 2.45) is 5.73 Å². The molecule has 0 radical (unpaired) electrons. The van der Waals surface area contributed by atoms with Crippen LogP contribution in [0.5, 0.6) is 0 Å². The Balaban J connectivity index is 4.68. The molecular formula is C9H15NO6. The van der Waals surface area contributed by atoms with Crippen LogP contribution in [0.2, 0.25) is 0 Å². The summed E-state index contributed by atoms with van der Waals surface area (Å²) in [6, 6.07) is 0. The van der Waals surface area contributed by atoms with E-state index >= 15 is 0 Å². The number of aliphatic hydroxyl groups is 4. The van der Waals surface area contributed by atoms with E-state index in [4.69, 9.17) is 10.8 Å². The maximum atomic E-state index is 11.2. The van der Waals surface area contributed by atoms with Gasteiger partial charge in [-0.25, -0.2) is 0 Å². The van der Waals surface area contributed by atoms with Crippen molar-refractivity contribution >= 4 is 11.7 Å². The van der Waals surface area contributed by atoms with Crippen LogP contribution in [0.4, 0.5) is 0 Å². The number of rotatable bonds is 6. The zero-order valence-corrected chi connectivity index (χ0v) is 8.70. The van der Waals surface area contributed by atoms with Crippen LogP contribution >= 0.6 is 0 Å². The highest BCUT2D eigenvalue weighted by molar-refractivity contribution is 6.19. The van der Waals surface area contributed by atoms with Gasteiger partial charge in [-0.3, -0.25) is 9.59 Å². The zero-order chi connectivity index (χ0) is 13.0. The van der Waals surface area contributed by atoms with E-state index in [0.29, 0.717) is 0 Å². The van der Waals surface area contributed by atoms with Crippen molar-refractivity contribution in [3.8, 4) is 0 Å². The van der Waals surface area contributed by atoms with E-state index < -0.39 is 41.7 Å². The summed E-state index contributed by atoms with van der Waals surface area (Å²) >= 11 is 0. The van der Waals surface area contributed by atoms with Gasteiger partial charge in [0.05, 0.1) is 11.7 Å². The van der Waals surface area contributed by atoms with Crippen LogP contribution in [0.3, 0.4) is 0 Å². The number of carbonyl (C=O) groups excluding carboxylic acids is 2. The average Bonchev–Trinajstić information content (AvgIpc) is 2.23. The monoisotopic (exact) mass is 233 g/mol. The van der Waals surface area contributed by atoms with Crippen LogP contribution in [0.25, 0.3) is 0 Å². The van der Waals surface area contributed by atoms with Crippen LogP contribution in [0, 0.1) is 0 Å². The zero-order valence-electron chi connectivity index (χ0n) is 8.70. The van der Waals surface area contributed by atoms with Crippen molar-refractivity contribution in [3.05, 3.63) is 12.2 Å². The number of carbonyl (C=O) groups is 2. The van der Waals surface area contributed by atoms with E-state index in [1.807, 2.05) is 0 Å². The predicted octanol–water partition coefficient (Wildman–Crippen LogP) is -2.94. The summed E-state index contributed by atoms with van der Waals surface area (Å²) in [7, 11) is 0. The van der Waals surface area contributed by atoms with E-state index in [-0.39, 0.29) is 0 Å². The number of hydrogen-bond acceptors (Lipinski definition) is 6. The average molecular weight is 233 g/mol. The number of nitrogens with two attached hydrogens (primary N) is 1. The highest BCUT2D eigenvalue weighted by atomic mass is 16.4. The number of aliphatic hydroxyl groups excluding tert-OH is 4. The molecule has 0 aromatic heterocycles. The molecule has 16 heavy (non-hydrogen) atoms. The Hall–Kier alpha value is -1.28. The van der Waals surface area contributed by atoms with Crippen molar-refractivity contribution in [2.45, 2.75) is 31.3 Å². The van der Waals surface area contributed by atoms with Crippen molar-refractivity contribution < 1.29 is 30.0 Å². The van der Waals surface area contributed by atoms with Crippen LogP contribution in [0.1, 0.15) is 6.92 Å². The normalized spacial score (nSPS) is 18.3. The number of hydrogen-bond donors (Lipinski definition) is 5. The highest BCUT2D eigenvalue weighted by Crippen LogP contribution is 2.08. The molecule has 0 aliphatic rings. The van der Waals surface area contributed by atoms with Crippen molar-refractivity contribution in [2.75, 3.05) is 0 Å². The van der Waals surface area contributed by atoms with Gasteiger partial charge in [-0.2, -0.15) is 0 Å². The second-order valence-corrected chi connectivity index (χ2v) is 3.37. The third kappa shape index (κ3) is 3.38. The Morgan fingerprint density at radius 2 is 1.56 bits per heavy atom. The molecule has 4 atom stereocenters. The smallest absolute Gasteiger partial charge is 0.251 e. The minimum atomic E-state index is -2.07. The Morgan fingerprint density at radius 3 is 1.88 bits per heavy atom. The van der Waals surface area contributed by atoms with Gasteiger partial charge in [-0.15, -0.1) is 0 Å². The Kier molecular flexibility index (Phi) is 5.25. The van der Waals surface area contributed by atoms with Gasteiger partial charge in [-0.1, -0.05) is 6.58 Å². The highest BCUT2D eigenvalue weighted by Gasteiger charge is 2.34. The second-order valence-electron chi connectivity index (χ2n) is 3.37. The molecule has 1 amide bonds. The van der Waals surface area contributed by atoms with Gasteiger partial charge >= 0.3 is 0 Å². The minimum absolute atomic E-state index is 0.690. The first-order valence-corrected chi connectivity index (χ1v) is 4.45. The van der Waals surface area contributed by atoms with Crippen molar-refractivity contribution in [1.29, 1.82) is 0 Å². The molecule has 7 heteroatoms. The van der Waals surface area contributed by atoms with Crippen LogP contribution in [0.15, 0.2) is 12.2 Å². The summed E-state index contributed by atoms with van der Waals surface area (Å²) < 4.78 is 0. The molecule has 92 valence electrons. The third-order valence-corrected chi connectivity index (χ3v) is 2.03. The summed E-state index contributed by atoms with van der Waals surface area (Å²) in [6.45, 7) is 4.18. The lowest BCUT2D eigenvalue weighted by Crippen LogP contribution is -2.47. The van der Waals surface area contributed by atoms with Crippen LogP contribution < -0.4 is 5.73 Å². The van der Waals surface area contributed by atoms with Gasteiger partial charge in [0.25, 0.3) is 5.91 Å². The molecule has 7 nitrogen and oxygen atoms in total. The van der Waals surface area contributed by atoms with Gasteiger partial charge in [-0.05, 0) is 6.92 Å². The first-order chi connectivity index (χ1) is 7.20. The lowest BCUT2D eigenvalue weighted by atomic mass is 9.97. The third-order valence-electron chi connectivity index (χ3n) is 2.03. The van der Waals surface area contributed by atoms with E-state index in [2.05, 4.69) is 6.58 Å². The number of amides is 1. The van der Waals surface area contributed by atoms with Crippen LogP contribution in [-0.2, 0) is 9.59 Å². The summed E-state index contributed by atoms with van der Waals surface area (Å²) in [6.07, 6.45) is -7.06. The van der Waals surface area contributed by atoms with E-state index in [1.54, 1.807) is 0 Å². The minimum Gasteiger partial charge on any atom is -0.391 e. The Morgan fingerprint density at radius 1 is 1.12 bits per heavy atom. The molecule has 0 aromatic carbocycles.